The monoisotopic (exact) mass is 327 g/mol. The van der Waals surface area contributed by atoms with Crippen LogP contribution < -0.4 is 5.32 Å². The van der Waals surface area contributed by atoms with Crippen LogP contribution in [0.1, 0.15) is 35.4 Å². The fraction of sp³-hybridized carbons (Fsp3) is 0.400. The molecule has 0 unspecified atom stereocenters. The summed E-state index contributed by atoms with van der Waals surface area (Å²) in [6, 6.07) is 4.28. The second-order valence-electron chi connectivity index (χ2n) is 5.49. The molecule has 1 aliphatic rings. The Balaban J connectivity index is 1.92. The number of halogens is 2. The molecule has 0 atom stereocenters. The van der Waals surface area contributed by atoms with Crippen LogP contribution in [0.4, 0.5) is 4.39 Å². The summed E-state index contributed by atoms with van der Waals surface area (Å²) in [5, 5.41) is 13.5. The fourth-order valence-corrected chi connectivity index (χ4v) is 4.29. The van der Waals surface area contributed by atoms with Crippen LogP contribution in [0.3, 0.4) is 0 Å². The first-order valence-electron chi connectivity index (χ1n) is 6.86. The highest BCUT2D eigenvalue weighted by Crippen LogP contribution is 2.37. The molecular weight excluding hydrogens is 313 g/mol. The second kappa shape index (κ2) is 5.55. The van der Waals surface area contributed by atoms with Gasteiger partial charge >= 0.3 is 0 Å². The van der Waals surface area contributed by atoms with E-state index >= 15 is 0 Å². The molecular formula is C15H15ClFNO2S. The van der Waals surface area contributed by atoms with Gasteiger partial charge in [0.2, 0.25) is 0 Å². The molecule has 1 aromatic carbocycles. The lowest BCUT2D eigenvalue weighted by Crippen LogP contribution is -2.49. The second-order valence-corrected chi connectivity index (χ2v) is 6.92. The van der Waals surface area contributed by atoms with Gasteiger partial charge in [0.15, 0.2) is 0 Å². The standard InChI is InChI=1S/C15H15ClFNO2S/c16-12-10-4-3-9(17)7-11(10)21-13(12)14(20)18-15(8-19)5-1-2-6-15/h3-4,7,19H,1-2,5-6,8H2,(H,18,20). The first-order valence-corrected chi connectivity index (χ1v) is 8.05. The molecule has 21 heavy (non-hydrogen) atoms. The molecule has 3 rings (SSSR count). The number of hydrogen-bond donors (Lipinski definition) is 2. The molecule has 0 aliphatic heterocycles. The zero-order chi connectivity index (χ0) is 15.0. The van der Waals surface area contributed by atoms with Gasteiger partial charge in [-0.15, -0.1) is 11.3 Å². The van der Waals surface area contributed by atoms with E-state index in [0.29, 0.717) is 20.0 Å². The SMILES string of the molecule is O=C(NC1(CO)CCCC1)c1sc2cc(F)ccc2c1Cl. The Morgan fingerprint density at radius 2 is 2.14 bits per heavy atom. The van der Waals surface area contributed by atoms with Gasteiger partial charge in [0.25, 0.3) is 5.91 Å². The van der Waals surface area contributed by atoms with E-state index in [4.69, 9.17) is 11.6 Å². The predicted molar refractivity (Wildman–Crippen MR) is 82.5 cm³/mol. The Morgan fingerprint density at radius 3 is 2.81 bits per heavy atom. The summed E-state index contributed by atoms with van der Waals surface area (Å²) in [5.74, 6) is -0.646. The average molecular weight is 328 g/mol. The van der Waals surface area contributed by atoms with E-state index < -0.39 is 5.54 Å². The Morgan fingerprint density at radius 1 is 1.43 bits per heavy atom. The van der Waals surface area contributed by atoms with E-state index in [1.54, 1.807) is 6.07 Å². The summed E-state index contributed by atoms with van der Waals surface area (Å²) in [7, 11) is 0. The maximum atomic E-state index is 13.3. The third-order valence-corrected chi connectivity index (χ3v) is 5.70. The van der Waals surface area contributed by atoms with Gasteiger partial charge in [-0.05, 0) is 31.0 Å². The Labute approximate surface area is 130 Å². The smallest absolute Gasteiger partial charge is 0.263 e. The maximum absolute atomic E-state index is 13.3. The van der Waals surface area contributed by atoms with Gasteiger partial charge < -0.3 is 10.4 Å². The lowest BCUT2D eigenvalue weighted by atomic mass is 9.99. The van der Waals surface area contributed by atoms with Crippen molar-refractivity contribution in [1.82, 2.24) is 5.32 Å². The van der Waals surface area contributed by atoms with Gasteiger partial charge in [-0.2, -0.15) is 0 Å². The van der Waals surface area contributed by atoms with E-state index in [-0.39, 0.29) is 18.3 Å². The molecule has 2 aromatic rings. The van der Waals surface area contributed by atoms with Crippen molar-refractivity contribution >= 4 is 38.9 Å². The largest absolute Gasteiger partial charge is 0.394 e. The van der Waals surface area contributed by atoms with Gasteiger partial charge in [-0.25, -0.2) is 4.39 Å². The maximum Gasteiger partial charge on any atom is 0.263 e. The van der Waals surface area contributed by atoms with E-state index in [9.17, 15) is 14.3 Å². The van der Waals surface area contributed by atoms with Crippen LogP contribution >= 0.6 is 22.9 Å². The number of carbonyl (C=O) groups excluding carboxylic acids is 1. The number of benzene rings is 1. The average Bonchev–Trinajstić information content (AvgIpc) is 3.04. The summed E-state index contributed by atoms with van der Waals surface area (Å²) < 4.78 is 13.9. The molecule has 1 saturated carbocycles. The van der Waals surface area contributed by atoms with Crippen molar-refractivity contribution in [2.45, 2.75) is 31.2 Å². The fourth-order valence-electron chi connectivity index (χ4n) is 2.86. The van der Waals surface area contributed by atoms with Crippen molar-refractivity contribution < 1.29 is 14.3 Å². The Kier molecular flexibility index (Phi) is 3.90. The minimum atomic E-state index is -0.540. The Bertz CT molecular complexity index is 694. The van der Waals surface area contributed by atoms with Gasteiger partial charge in [-0.3, -0.25) is 4.79 Å². The van der Waals surface area contributed by atoms with E-state index in [2.05, 4.69) is 5.32 Å². The summed E-state index contributed by atoms with van der Waals surface area (Å²) in [6.07, 6.45) is 3.52. The summed E-state index contributed by atoms with van der Waals surface area (Å²) in [5.41, 5.74) is -0.540. The van der Waals surface area contributed by atoms with Crippen molar-refractivity contribution in [2.75, 3.05) is 6.61 Å². The molecule has 0 bridgehead atoms. The molecule has 1 aliphatic carbocycles. The van der Waals surface area contributed by atoms with Crippen LogP contribution in [0.15, 0.2) is 18.2 Å². The van der Waals surface area contributed by atoms with Gasteiger partial charge in [0.05, 0.1) is 17.2 Å². The van der Waals surface area contributed by atoms with Crippen LogP contribution in [-0.4, -0.2) is 23.2 Å². The van der Waals surface area contributed by atoms with Crippen molar-refractivity contribution in [3.63, 3.8) is 0 Å². The normalized spacial score (nSPS) is 17.3. The van der Waals surface area contributed by atoms with Crippen molar-refractivity contribution in [3.05, 3.63) is 33.9 Å². The van der Waals surface area contributed by atoms with Gasteiger partial charge in [0, 0.05) is 10.1 Å². The number of aliphatic hydroxyl groups excluding tert-OH is 1. The summed E-state index contributed by atoms with van der Waals surface area (Å²) >= 11 is 7.42. The molecule has 0 radical (unpaired) electrons. The van der Waals surface area contributed by atoms with Crippen molar-refractivity contribution in [2.24, 2.45) is 0 Å². The van der Waals surface area contributed by atoms with Gasteiger partial charge in [-0.1, -0.05) is 24.4 Å². The first kappa shape index (κ1) is 14.8. The number of amides is 1. The zero-order valence-electron chi connectivity index (χ0n) is 11.3. The molecule has 2 N–H and O–H groups in total. The molecule has 1 amide bonds. The highest BCUT2D eigenvalue weighted by molar-refractivity contribution is 7.21. The van der Waals surface area contributed by atoms with Crippen molar-refractivity contribution in [1.29, 1.82) is 0 Å². The van der Waals surface area contributed by atoms with E-state index in [1.165, 1.54) is 23.5 Å². The lowest BCUT2D eigenvalue weighted by Gasteiger charge is -2.27. The van der Waals surface area contributed by atoms with Crippen LogP contribution in [0.25, 0.3) is 10.1 Å². The Hall–Kier alpha value is -1.17. The predicted octanol–water partition coefficient (Wildman–Crippen LogP) is 3.73. The lowest BCUT2D eigenvalue weighted by molar-refractivity contribution is 0.0843. The minimum absolute atomic E-state index is 0.0735. The minimum Gasteiger partial charge on any atom is -0.394 e. The summed E-state index contributed by atoms with van der Waals surface area (Å²) in [6.45, 7) is -0.0735. The van der Waals surface area contributed by atoms with Crippen LogP contribution in [0, 0.1) is 5.82 Å². The van der Waals surface area contributed by atoms with Crippen LogP contribution in [0.5, 0.6) is 0 Å². The summed E-state index contributed by atoms with van der Waals surface area (Å²) in [4.78, 5) is 12.8. The number of aliphatic hydroxyl groups is 1. The number of hydrogen-bond acceptors (Lipinski definition) is 3. The highest BCUT2D eigenvalue weighted by atomic mass is 35.5. The molecule has 6 heteroatoms. The molecule has 1 heterocycles. The topological polar surface area (TPSA) is 49.3 Å². The van der Waals surface area contributed by atoms with E-state index in [0.717, 1.165) is 25.7 Å². The van der Waals surface area contributed by atoms with Gasteiger partial charge in [0.1, 0.15) is 10.7 Å². The number of fused-ring (bicyclic) bond motifs is 1. The molecule has 112 valence electrons. The first-order chi connectivity index (χ1) is 10.0. The number of rotatable bonds is 3. The molecule has 1 aromatic heterocycles. The van der Waals surface area contributed by atoms with Crippen LogP contribution in [0.2, 0.25) is 5.02 Å². The quantitative estimate of drug-likeness (QED) is 0.902. The van der Waals surface area contributed by atoms with E-state index in [1.807, 2.05) is 0 Å². The number of carbonyl (C=O) groups is 1. The molecule has 3 nitrogen and oxygen atoms in total. The van der Waals surface area contributed by atoms with Crippen LogP contribution in [-0.2, 0) is 0 Å². The zero-order valence-corrected chi connectivity index (χ0v) is 12.9. The molecule has 0 saturated heterocycles. The third-order valence-electron chi connectivity index (χ3n) is 4.04. The number of nitrogens with one attached hydrogen (secondary N) is 1. The number of thiophene rings is 1. The molecule has 1 fully saturated rings. The molecule has 0 spiro atoms. The third kappa shape index (κ3) is 2.65. The highest BCUT2D eigenvalue weighted by Gasteiger charge is 2.35. The van der Waals surface area contributed by atoms with Crippen molar-refractivity contribution in [3.8, 4) is 0 Å².